The van der Waals surface area contributed by atoms with Gasteiger partial charge in [0.25, 0.3) is 5.56 Å². The Kier molecular flexibility index (Phi) is 5.02. The second kappa shape index (κ2) is 8.68. The van der Waals surface area contributed by atoms with Crippen molar-refractivity contribution in [3.63, 3.8) is 0 Å². The van der Waals surface area contributed by atoms with E-state index in [4.69, 9.17) is 0 Å². The minimum Gasteiger partial charge on any atom is -0.290 e. The Morgan fingerprint density at radius 1 is 0.789 bits per heavy atom. The number of hydrogen-bond donors (Lipinski definition) is 2. The van der Waals surface area contributed by atoms with Crippen LogP contribution >= 0.6 is 0 Å². The van der Waals surface area contributed by atoms with Gasteiger partial charge in [-0.3, -0.25) is 9.78 Å². The van der Waals surface area contributed by atoms with Gasteiger partial charge in [0.1, 0.15) is 11.6 Å². The molecule has 5 aromatic rings. The van der Waals surface area contributed by atoms with Crippen molar-refractivity contribution in [2.45, 2.75) is 11.8 Å². The third-order valence-corrected chi connectivity index (χ3v) is 7.43. The van der Waals surface area contributed by atoms with Crippen LogP contribution in [0.5, 0.6) is 0 Å². The number of aromatic amines is 1. The predicted octanol–water partition coefficient (Wildman–Crippen LogP) is 5.74. The van der Waals surface area contributed by atoms with Gasteiger partial charge in [0, 0.05) is 17.4 Å². The molecule has 1 aromatic heterocycles. The van der Waals surface area contributed by atoms with Gasteiger partial charge in [-0.15, -0.1) is 0 Å². The fourth-order valence-corrected chi connectivity index (χ4v) is 5.87. The monoisotopic (exact) mass is 491 g/mol. The average Bonchev–Trinajstić information content (AvgIpc) is 2.97. The van der Waals surface area contributed by atoms with Crippen molar-refractivity contribution in [2.24, 2.45) is 5.10 Å². The van der Waals surface area contributed by atoms with Crippen LogP contribution in [0.15, 0.2) is 107 Å². The fraction of sp³-hybridized carbons (Fsp3) is 0.0625. The van der Waals surface area contributed by atoms with Crippen LogP contribution in [0.25, 0.3) is 11.3 Å². The maximum Gasteiger partial charge on any atom is 0.270 e. The maximum absolute atomic E-state index is 12.5. The van der Waals surface area contributed by atoms with Crippen molar-refractivity contribution in [3.05, 3.63) is 152 Å². The summed E-state index contributed by atoms with van der Waals surface area (Å²) in [6, 6.07) is 35.1. The van der Waals surface area contributed by atoms with Crippen LogP contribution in [0.1, 0.15) is 56.3 Å². The number of nitrogens with one attached hydrogen (secondary N) is 2. The van der Waals surface area contributed by atoms with Gasteiger partial charge in [0.2, 0.25) is 5.95 Å². The molecule has 0 atom stereocenters. The van der Waals surface area contributed by atoms with Crippen LogP contribution in [0.2, 0.25) is 0 Å². The molecule has 0 fully saturated rings. The summed E-state index contributed by atoms with van der Waals surface area (Å²) in [4.78, 5) is 19.6. The lowest BCUT2D eigenvalue weighted by molar-refractivity contribution is 0.754. The van der Waals surface area contributed by atoms with E-state index in [-0.39, 0.29) is 23.3 Å². The molecule has 0 saturated carbocycles. The molecule has 6 nitrogen and oxygen atoms in total. The highest BCUT2D eigenvalue weighted by molar-refractivity contribution is 5.82. The Morgan fingerprint density at radius 3 is 2.00 bits per heavy atom. The van der Waals surface area contributed by atoms with Crippen molar-refractivity contribution in [2.75, 3.05) is 5.43 Å². The first-order valence-electron chi connectivity index (χ1n) is 12.4. The molecule has 2 bridgehead atoms. The fourth-order valence-electron chi connectivity index (χ4n) is 5.87. The number of hydrazone groups is 1. The van der Waals surface area contributed by atoms with Crippen molar-refractivity contribution in [3.8, 4) is 17.3 Å². The van der Waals surface area contributed by atoms with E-state index in [2.05, 4.69) is 87.2 Å². The zero-order valence-corrected chi connectivity index (χ0v) is 20.2. The lowest BCUT2D eigenvalue weighted by Gasteiger charge is -2.42. The summed E-state index contributed by atoms with van der Waals surface area (Å²) >= 11 is 0. The highest BCUT2D eigenvalue weighted by Gasteiger charge is 2.40. The SMILES string of the molecule is N#Cc1c(-c2ccccc2)nc(NN=Cc2ccc3c(c2)C2c4ccccc4C3c3ccccc32)[nH]c1=O. The van der Waals surface area contributed by atoms with Gasteiger partial charge in [-0.05, 0) is 45.0 Å². The number of nitriles is 1. The Labute approximate surface area is 219 Å². The lowest BCUT2D eigenvalue weighted by atomic mass is 9.61. The minimum atomic E-state index is -0.513. The summed E-state index contributed by atoms with van der Waals surface area (Å²) in [6.45, 7) is 0. The summed E-state index contributed by atoms with van der Waals surface area (Å²) in [5.74, 6) is 0.591. The third kappa shape index (κ3) is 3.37. The van der Waals surface area contributed by atoms with E-state index in [0.29, 0.717) is 11.3 Å². The normalized spacial score (nSPS) is 16.4. The Balaban J connectivity index is 1.22. The maximum atomic E-state index is 12.5. The van der Waals surface area contributed by atoms with Crippen LogP contribution in [-0.2, 0) is 0 Å². The van der Waals surface area contributed by atoms with E-state index in [1.165, 1.54) is 33.4 Å². The number of hydrogen-bond acceptors (Lipinski definition) is 5. The molecular weight excluding hydrogens is 470 g/mol. The molecule has 6 heteroatoms. The predicted molar refractivity (Wildman–Crippen MR) is 147 cm³/mol. The number of benzene rings is 4. The van der Waals surface area contributed by atoms with Gasteiger partial charge in [-0.25, -0.2) is 10.4 Å². The topological polar surface area (TPSA) is 93.9 Å². The van der Waals surface area contributed by atoms with Gasteiger partial charge in [0.15, 0.2) is 0 Å². The van der Waals surface area contributed by atoms with E-state index < -0.39 is 5.56 Å². The zero-order chi connectivity index (χ0) is 25.6. The smallest absolute Gasteiger partial charge is 0.270 e. The number of H-pyrrole nitrogens is 1. The van der Waals surface area contributed by atoms with E-state index >= 15 is 0 Å². The first kappa shape index (κ1) is 22.0. The summed E-state index contributed by atoms with van der Waals surface area (Å²) in [7, 11) is 0. The summed E-state index contributed by atoms with van der Waals surface area (Å²) in [5, 5.41) is 13.8. The highest BCUT2D eigenvalue weighted by Crippen LogP contribution is 2.55. The van der Waals surface area contributed by atoms with E-state index in [1.807, 2.05) is 36.4 Å². The Hall–Kier alpha value is -5.28. The standard InChI is InChI=1S/C32H21N5O/c33-17-27-30(20-8-2-1-3-9-20)35-32(36-31(27)38)37-34-18-19-14-15-25-26(16-19)29-23-12-6-4-10-21(23)28(25)22-11-5-7-13-24(22)29/h1-16,18,28-29H,(H2,35,36,37,38). The molecule has 0 unspecified atom stereocenters. The van der Waals surface area contributed by atoms with Crippen molar-refractivity contribution >= 4 is 12.2 Å². The molecule has 0 saturated heterocycles. The molecule has 0 amide bonds. The van der Waals surface area contributed by atoms with Gasteiger partial charge < -0.3 is 0 Å². The molecule has 4 aromatic carbocycles. The largest absolute Gasteiger partial charge is 0.290 e. The Morgan fingerprint density at radius 2 is 1.37 bits per heavy atom. The van der Waals surface area contributed by atoms with Gasteiger partial charge in [-0.2, -0.15) is 10.4 Å². The number of aromatic nitrogens is 2. The molecule has 0 radical (unpaired) electrons. The molecule has 3 aliphatic carbocycles. The van der Waals surface area contributed by atoms with Gasteiger partial charge in [0.05, 0.1) is 11.9 Å². The number of anilines is 1. The van der Waals surface area contributed by atoms with Crippen LogP contribution in [-0.4, -0.2) is 16.2 Å². The van der Waals surface area contributed by atoms with E-state index in [0.717, 1.165) is 5.56 Å². The molecule has 3 aliphatic rings. The van der Waals surface area contributed by atoms with E-state index in [1.54, 1.807) is 6.21 Å². The molecule has 2 N–H and O–H groups in total. The molecule has 0 aliphatic heterocycles. The molecule has 8 rings (SSSR count). The molecular formula is C32H21N5O. The van der Waals surface area contributed by atoms with Crippen molar-refractivity contribution in [1.82, 2.24) is 9.97 Å². The number of rotatable bonds is 4. The van der Waals surface area contributed by atoms with Crippen LogP contribution in [0.3, 0.4) is 0 Å². The first-order valence-corrected chi connectivity index (χ1v) is 12.4. The molecule has 180 valence electrons. The Bertz CT molecular complexity index is 1800. The zero-order valence-electron chi connectivity index (χ0n) is 20.2. The molecule has 38 heavy (non-hydrogen) atoms. The first-order chi connectivity index (χ1) is 18.7. The van der Waals surface area contributed by atoms with Crippen LogP contribution in [0.4, 0.5) is 5.95 Å². The quantitative estimate of drug-likeness (QED) is 0.242. The van der Waals surface area contributed by atoms with Crippen molar-refractivity contribution < 1.29 is 0 Å². The molecule has 0 spiro atoms. The van der Waals surface area contributed by atoms with E-state index in [9.17, 15) is 10.1 Å². The summed E-state index contributed by atoms with van der Waals surface area (Å²) in [5.41, 5.74) is 12.4. The highest BCUT2D eigenvalue weighted by atomic mass is 16.1. The van der Waals surface area contributed by atoms with Gasteiger partial charge >= 0.3 is 0 Å². The second-order valence-electron chi connectivity index (χ2n) is 9.50. The average molecular weight is 492 g/mol. The minimum absolute atomic E-state index is 0.0315. The van der Waals surface area contributed by atoms with Crippen LogP contribution < -0.4 is 11.0 Å². The van der Waals surface area contributed by atoms with Crippen LogP contribution in [0, 0.1) is 11.3 Å². The third-order valence-electron chi connectivity index (χ3n) is 7.43. The number of nitrogens with zero attached hydrogens (tertiary/aromatic N) is 3. The second-order valence-corrected chi connectivity index (χ2v) is 9.50. The van der Waals surface area contributed by atoms with Crippen molar-refractivity contribution in [1.29, 1.82) is 5.26 Å². The summed E-state index contributed by atoms with van der Waals surface area (Å²) in [6.07, 6.45) is 1.72. The summed E-state index contributed by atoms with van der Waals surface area (Å²) < 4.78 is 0. The van der Waals surface area contributed by atoms with Gasteiger partial charge in [-0.1, -0.05) is 91.0 Å². The molecule has 1 heterocycles. The lowest BCUT2D eigenvalue weighted by Crippen LogP contribution is -2.27.